The Morgan fingerprint density at radius 3 is 2.50 bits per heavy atom. The maximum atomic E-state index is 14.2. The number of hydrogen-bond acceptors (Lipinski definition) is 5. The van der Waals surface area contributed by atoms with Gasteiger partial charge in [-0.05, 0) is 58.6 Å². The molecule has 1 aliphatic rings. The standard InChI is InChI=1S/C23H29FN4O4/c1-15-13-19(29)20(26-28(15)18-8-6-5-7-17(18)24)21(30)27-11-9-16(10-12-27)14-25-22(31)32-23(2,3)4/h5-8,13,16H,9-12,14H2,1-4H3,(H,25,31). The fourth-order valence-electron chi connectivity index (χ4n) is 3.59. The molecule has 2 amide bonds. The molecule has 0 atom stereocenters. The van der Waals surface area contributed by atoms with Gasteiger partial charge >= 0.3 is 6.09 Å². The highest BCUT2D eigenvalue weighted by atomic mass is 19.1. The number of para-hydroxylation sites is 1. The molecular formula is C23H29FN4O4. The summed E-state index contributed by atoms with van der Waals surface area (Å²) >= 11 is 0. The van der Waals surface area contributed by atoms with Gasteiger partial charge in [-0.15, -0.1) is 0 Å². The van der Waals surface area contributed by atoms with Gasteiger partial charge in [-0.2, -0.15) is 5.10 Å². The average molecular weight is 445 g/mol. The molecule has 0 aliphatic carbocycles. The van der Waals surface area contributed by atoms with Gasteiger partial charge in [0.2, 0.25) is 5.43 Å². The molecular weight excluding hydrogens is 415 g/mol. The molecule has 0 bridgehead atoms. The van der Waals surface area contributed by atoms with Crippen LogP contribution in [0.4, 0.5) is 9.18 Å². The summed E-state index contributed by atoms with van der Waals surface area (Å²) in [6.45, 7) is 8.38. The zero-order valence-electron chi connectivity index (χ0n) is 18.9. The quantitative estimate of drug-likeness (QED) is 0.782. The molecule has 9 heteroatoms. The van der Waals surface area contributed by atoms with E-state index in [9.17, 15) is 18.8 Å². The van der Waals surface area contributed by atoms with Crippen LogP contribution in [0.25, 0.3) is 5.69 Å². The summed E-state index contributed by atoms with van der Waals surface area (Å²) in [7, 11) is 0. The summed E-state index contributed by atoms with van der Waals surface area (Å²) < 4.78 is 20.8. The molecule has 8 nitrogen and oxygen atoms in total. The first-order valence-electron chi connectivity index (χ1n) is 10.7. The lowest BCUT2D eigenvalue weighted by molar-refractivity contribution is 0.0499. The fourth-order valence-corrected chi connectivity index (χ4v) is 3.59. The minimum atomic E-state index is -0.559. The number of nitrogens with one attached hydrogen (secondary N) is 1. The highest BCUT2D eigenvalue weighted by Gasteiger charge is 2.27. The molecule has 1 fully saturated rings. The van der Waals surface area contributed by atoms with Crippen molar-refractivity contribution >= 4 is 12.0 Å². The van der Waals surface area contributed by atoms with Gasteiger partial charge < -0.3 is 15.0 Å². The van der Waals surface area contributed by atoms with Crippen molar-refractivity contribution in [1.29, 1.82) is 0 Å². The minimum Gasteiger partial charge on any atom is -0.444 e. The zero-order valence-corrected chi connectivity index (χ0v) is 18.9. The number of amides is 2. The van der Waals surface area contributed by atoms with Gasteiger partial charge in [0.1, 0.15) is 17.1 Å². The second-order valence-corrected chi connectivity index (χ2v) is 8.98. The number of ether oxygens (including phenoxy) is 1. The summed E-state index contributed by atoms with van der Waals surface area (Å²) in [6.07, 6.45) is 0.887. The van der Waals surface area contributed by atoms with Crippen LogP contribution in [-0.2, 0) is 4.74 Å². The minimum absolute atomic E-state index is 0.172. The first-order chi connectivity index (χ1) is 15.0. The van der Waals surface area contributed by atoms with Gasteiger partial charge in [-0.1, -0.05) is 12.1 Å². The number of alkyl carbamates (subject to hydrolysis) is 1. The van der Waals surface area contributed by atoms with E-state index < -0.39 is 28.8 Å². The molecule has 32 heavy (non-hydrogen) atoms. The van der Waals surface area contributed by atoms with E-state index >= 15 is 0 Å². The maximum absolute atomic E-state index is 14.2. The van der Waals surface area contributed by atoms with Crippen molar-refractivity contribution < 1.29 is 18.7 Å². The van der Waals surface area contributed by atoms with Crippen LogP contribution >= 0.6 is 0 Å². The molecule has 3 rings (SSSR count). The summed E-state index contributed by atoms with van der Waals surface area (Å²) in [4.78, 5) is 38.9. The van der Waals surface area contributed by atoms with Crippen LogP contribution in [0.3, 0.4) is 0 Å². The molecule has 1 aromatic carbocycles. The number of aryl methyl sites for hydroxylation is 1. The first-order valence-corrected chi connectivity index (χ1v) is 10.7. The topological polar surface area (TPSA) is 93.5 Å². The van der Waals surface area contributed by atoms with E-state index in [0.717, 1.165) is 0 Å². The number of likely N-dealkylation sites (tertiary alicyclic amines) is 1. The smallest absolute Gasteiger partial charge is 0.407 e. The van der Waals surface area contributed by atoms with Crippen molar-refractivity contribution in [3.63, 3.8) is 0 Å². The Bertz CT molecular complexity index is 1050. The Kier molecular flexibility index (Phi) is 6.96. The molecule has 2 aromatic rings. The van der Waals surface area contributed by atoms with Gasteiger partial charge in [0.25, 0.3) is 5.91 Å². The molecule has 1 aromatic heterocycles. The van der Waals surface area contributed by atoms with Gasteiger partial charge in [0, 0.05) is 31.4 Å². The summed E-state index contributed by atoms with van der Waals surface area (Å²) in [5.74, 6) is -0.769. The molecule has 1 aliphatic heterocycles. The summed E-state index contributed by atoms with van der Waals surface area (Å²) in [6, 6.07) is 7.35. The molecule has 1 N–H and O–H groups in total. The Balaban J connectivity index is 1.65. The largest absolute Gasteiger partial charge is 0.444 e. The molecule has 2 heterocycles. The normalized spacial score (nSPS) is 14.8. The molecule has 1 saturated heterocycles. The Morgan fingerprint density at radius 1 is 1.22 bits per heavy atom. The lowest BCUT2D eigenvalue weighted by atomic mass is 9.96. The van der Waals surface area contributed by atoms with Gasteiger partial charge in [0.15, 0.2) is 5.69 Å². The van der Waals surface area contributed by atoms with Crippen LogP contribution in [0.1, 0.15) is 49.8 Å². The third-order valence-corrected chi connectivity index (χ3v) is 5.23. The van der Waals surface area contributed by atoms with E-state index in [4.69, 9.17) is 4.74 Å². The zero-order chi connectivity index (χ0) is 23.5. The Labute approximate surface area is 186 Å². The first kappa shape index (κ1) is 23.4. The second-order valence-electron chi connectivity index (χ2n) is 8.98. The fraction of sp³-hybridized carbons (Fsp3) is 0.478. The monoisotopic (exact) mass is 444 g/mol. The lowest BCUT2D eigenvalue weighted by Crippen LogP contribution is -2.44. The van der Waals surface area contributed by atoms with Gasteiger partial charge in [0.05, 0.1) is 0 Å². The highest BCUT2D eigenvalue weighted by molar-refractivity contribution is 5.92. The average Bonchev–Trinajstić information content (AvgIpc) is 2.72. The molecule has 0 spiro atoms. The van der Waals surface area contributed by atoms with Crippen molar-refractivity contribution in [1.82, 2.24) is 20.0 Å². The Morgan fingerprint density at radius 2 is 1.88 bits per heavy atom. The van der Waals surface area contributed by atoms with E-state index in [0.29, 0.717) is 38.2 Å². The van der Waals surface area contributed by atoms with Crippen LogP contribution in [0.15, 0.2) is 35.1 Å². The van der Waals surface area contributed by atoms with Crippen molar-refractivity contribution in [2.24, 2.45) is 5.92 Å². The number of carbonyl (C=O) groups is 2. The number of hydrogen-bond donors (Lipinski definition) is 1. The third kappa shape index (κ3) is 5.72. The lowest BCUT2D eigenvalue weighted by Gasteiger charge is -2.32. The van der Waals surface area contributed by atoms with E-state index in [1.807, 2.05) is 0 Å². The van der Waals surface area contributed by atoms with Gasteiger partial charge in [-0.25, -0.2) is 13.9 Å². The number of rotatable bonds is 4. The number of carbonyl (C=O) groups excluding carboxylic acids is 2. The molecule has 172 valence electrons. The number of nitrogens with zero attached hydrogens (tertiary/aromatic N) is 3. The van der Waals surface area contributed by atoms with E-state index in [2.05, 4.69) is 10.4 Å². The Hall–Kier alpha value is -3.23. The van der Waals surface area contributed by atoms with Gasteiger partial charge in [-0.3, -0.25) is 9.59 Å². The predicted octanol–water partition coefficient (Wildman–Crippen LogP) is 3.06. The predicted molar refractivity (Wildman–Crippen MR) is 117 cm³/mol. The van der Waals surface area contributed by atoms with Crippen molar-refractivity contribution in [2.45, 2.75) is 46.1 Å². The number of benzene rings is 1. The van der Waals surface area contributed by atoms with Crippen molar-refractivity contribution in [3.8, 4) is 5.69 Å². The highest BCUT2D eigenvalue weighted by Crippen LogP contribution is 2.19. The van der Waals surface area contributed by atoms with Crippen LogP contribution in [0.2, 0.25) is 0 Å². The van der Waals surface area contributed by atoms with E-state index in [1.165, 1.54) is 22.9 Å². The molecule has 0 radical (unpaired) electrons. The number of piperidine rings is 1. The summed E-state index contributed by atoms with van der Waals surface area (Å²) in [5, 5.41) is 6.96. The number of aromatic nitrogens is 2. The number of halogens is 1. The van der Waals surface area contributed by atoms with Crippen molar-refractivity contribution in [2.75, 3.05) is 19.6 Å². The molecule has 0 saturated carbocycles. The van der Waals surface area contributed by atoms with E-state index in [1.54, 1.807) is 44.7 Å². The van der Waals surface area contributed by atoms with Crippen molar-refractivity contribution in [3.05, 3.63) is 57.8 Å². The summed E-state index contributed by atoms with van der Waals surface area (Å²) in [5.41, 5.74) is -0.677. The van der Waals surface area contributed by atoms with Crippen LogP contribution in [0.5, 0.6) is 0 Å². The second kappa shape index (κ2) is 9.50. The van der Waals surface area contributed by atoms with Crippen LogP contribution < -0.4 is 10.7 Å². The van der Waals surface area contributed by atoms with Crippen LogP contribution in [0, 0.1) is 18.7 Å². The molecule has 0 unspecified atom stereocenters. The third-order valence-electron chi connectivity index (χ3n) is 5.23. The SMILES string of the molecule is Cc1cc(=O)c(C(=O)N2CCC(CNC(=O)OC(C)(C)C)CC2)nn1-c1ccccc1F. The van der Waals surface area contributed by atoms with Crippen LogP contribution in [-0.4, -0.2) is 51.9 Å². The van der Waals surface area contributed by atoms with E-state index in [-0.39, 0.29) is 17.3 Å². The maximum Gasteiger partial charge on any atom is 0.407 e.